The Morgan fingerprint density at radius 3 is 1.10 bits per heavy atom. The molecular formula is C18H4N12. The van der Waals surface area contributed by atoms with E-state index < -0.39 is 24.2 Å². The summed E-state index contributed by atoms with van der Waals surface area (Å²) in [7, 11) is 0. The molecular weight excluding hydrogens is 384 g/mol. The van der Waals surface area contributed by atoms with Crippen LogP contribution in [0.5, 0.6) is 0 Å². The fourth-order valence-electron chi connectivity index (χ4n) is 3.47. The van der Waals surface area contributed by atoms with Gasteiger partial charge in [-0.25, -0.2) is 9.97 Å². The molecule has 2 aliphatic heterocycles. The molecule has 4 atom stereocenters. The third kappa shape index (κ3) is 2.40. The Balaban J connectivity index is 2.05. The first-order valence-electron chi connectivity index (χ1n) is 8.24. The molecule has 12 heteroatoms. The molecule has 1 aromatic rings. The topological polar surface area (TPSA) is 218 Å². The maximum atomic E-state index is 9.32. The maximum absolute atomic E-state index is 9.32. The van der Waals surface area contributed by atoms with Crippen LogP contribution < -0.4 is 0 Å². The van der Waals surface area contributed by atoms with E-state index in [2.05, 4.69) is 29.9 Å². The summed E-state index contributed by atoms with van der Waals surface area (Å²) < 4.78 is 0. The Labute approximate surface area is 168 Å². The van der Waals surface area contributed by atoms with Crippen molar-refractivity contribution in [2.75, 3.05) is 0 Å². The van der Waals surface area contributed by atoms with Crippen LogP contribution in [0.2, 0.25) is 0 Å². The van der Waals surface area contributed by atoms with Crippen molar-refractivity contribution in [3.8, 4) is 36.4 Å². The average molecular weight is 388 g/mol. The van der Waals surface area contributed by atoms with Crippen molar-refractivity contribution in [3.63, 3.8) is 0 Å². The SMILES string of the molecule is N#CC1=NC2c3nc(C#N)c(C#N)nc3C3N=C(C#N)C(C#N)=NC3C2N=C1C#N. The van der Waals surface area contributed by atoms with E-state index in [1.807, 2.05) is 12.1 Å². The minimum Gasteiger partial charge on any atom is -0.263 e. The van der Waals surface area contributed by atoms with Crippen molar-refractivity contribution < 1.29 is 0 Å². The zero-order chi connectivity index (χ0) is 21.4. The third-order valence-corrected chi connectivity index (χ3v) is 4.69. The van der Waals surface area contributed by atoms with E-state index in [1.54, 1.807) is 24.3 Å². The van der Waals surface area contributed by atoms with Gasteiger partial charge in [-0.2, -0.15) is 31.6 Å². The van der Waals surface area contributed by atoms with E-state index in [-0.39, 0.29) is 45.6 Å². The van der Waals surface area contributed by atoms with E-state index in [1.165, 1.54) is 0 Å². The minimum atomic E-state index is -0.928. The Bertz CT molecular complexity index is 1280. The molecule has 1 aliphatic carbocycles. The van der Waals surface area contributed by atoms with Crippen LogP contribution in [-0.4, -0.2) is 44.9 Å². The van der Waals surface area contributed by atoms with Crippen molar-refractivity contribution in [1.82, 2.24) is 9.97 Å². The number of rotatable bonds is 0. The van der Waals surface area contributed by atoms with Gasteiger partial charge in [0.1, 0.15) is 60.6 Å². The molecule has 0 radical (unpaired) electrons. The maximum Gasteiger partial charge on any atom is 0.177 e. The van der Waals surface area contributed by atoms with Gasteiger partial charge in [-0.3, -0.25) is 20.0 Å². The predicted octanol–water partition coefficient (Wildman–Crippen LogP) is -0.0615. The molecule has 30 heavy (non-hydrogen) atoms. The molecule has 136 valence electrons. The van der Waals surface area contributed by atoms with Gasteiger partial charge in [-0.1, -0.05) is 0 Å². The van der Waals surface area contributed by atoms with Crippen LogP contribution in [0.3, 0.4) is 0 Å². The lowest BCUT2D eigenvalue weighted by Gasteiger charge is -2.38. The summed E-state index contributed by atoms with van der Waals surface area (Å²) in [5.74, 6) is 0. The molecule has 12 nitrogen and oxygen atoms in total. The zero-order valence-corrected chi connectivity index (χ0v) is 14.7. The highest BCUT2D eigenvalue weighted by atomic mass is 15.1. The van der Waals surface area contributed by atoms with E-state index in [4.69, 9.17) is 0 Å². The molecule has 0 saturated carbocycles. The second-order valence-electron chi connectivity index (χ2n) is 6.14. The highest BCUT2D eigenvalue weighted by Crippen LogP contribution is 2.44. The molecule has 0 N–H and O–H groups in total. The highest BCUT2D eigenvalue weighted by Gasteiger charge is 2.49. The van der Waals surface area contributed by atoms with Gasteiger partial charge in [-0.05, 0) is 0 Å². The largest absolute Gasteiger partial charge is 0.263 e. The molecule has 0 fully saturated rings. The summed E-state index contributed by atoms with van der Waals surface area (Å²) in [6, 6.07) is 7.21. The van der Waals surface area contributed by atoms with Crippen LogP contribution in [0.4, 0.5) is 0 Å². The van der Waals surface area contributed by atoms with Gasteiger partial charge in [0.25, 0.3) is 0 Å². The van der Waals surface area contributed by atoms with Crippen molar-refractivity contribution >= 4 is 22.8 Å². The first kappa shape index (κ1) is 18.1. The molecule has 0 spiro atoms. The van der Waals surface area contributed by atoms with Gasteiger partial charge in [0.05, 0.1) is 11.4 Å². The summed E-state index contributed by atoms with van der Waals surface area (Å²) in [6.07, 6.45) is 0. The van der Waals surface area contributed by atoms with Crippen LogP contribution in [-0.2, 0) is 0 Å². The summed E-state index contributed by atoms with van der Waals surface area (Å²) in [6.45, 7) is 0. The number of hydrogen-bond donors (Lipinski definition) is 0. The first-order valence-corrected chi connectivity index (χ1v) is 8.24. The van der Waals surface area contributed by atoms with Crippen molar-refractivity contribution in [2.45, 2.75) is 24.2 Å². The lowest BCUT2D eigenvalue weighted by Crippen LogP contribution is -2.46. The third-order valence-electron chi connectivity index (χ3n) is 4.69. The van der Waals surface area contributed by atoms with Gasteiger partial charge in [-0.15, -0.1) is 0 Å². The summed E-state index contributed by atoms with van der Waals surface area (Å²) in [5, 5.41) is 55.9. The second-order valence-corrected chi connectivity index (χ2v) is 6.14. The van der Waals surface area contributed by atoms with Crippen LogP contribution in [0.15, 0.2) is 20.0 Å². The smallest absolute Gasteiger partial charge is 0.177 e. The van der Waals surface area contributed by atoms with Gasteiger partial charge in [0, 0.05) is 0 Å². The molecule has 3 aliphatic rings. The number of aromatic nitrogens is 2. The van der Waals surface area contributed by atoms with E-state index >= 15 is 0 Å². The number of aliphatic imine (C=N–C) groups is 4. The highest BCUT2D eigenvalue weighted by molar-refractivity contribution is 6.54. The van der Waals surface area contributed by atoms with Gasteiger partial charge < -0.3 is 0 Å². The Morgan fingerprint density at radius 2 is 0.800 bits per heavy atom. The lowest BCUT2D eigenvalue weighted by atomic mass is 9.81. The molecule has 0 saturated heterocycles. The van der Waals surface area contributed by atoms with Gasteiger partial charge >= 0.3 is 0 Å². The van der Waals surface area contributed by atoms with Crippen LogP contribution in [0.1, 0.15) is 34.9 Å². The molecule has 4 unspecified atom stereocenters. The molecule has 4 rings (SSSR count). The normalized spacial score (nSPS) is 25.3. The fourth-order valence-corrected chi connectivity index (χ4v) is 3.47. The Morgan fingerprint density at radius 1 is 0.467 bits per heavy atom. The molecule has 0 bridgehead atoms. The average Bonchev–Trinajstić information content (AvgIpc) is 2.81. The molecule has 0 aromatic carbocycles. The van der Waals surface area contributed by atoms with Gasteiger partial charge in [0.15, 0.2) is 34.2 Å². The van der Waals surface area contributed by atoms with E-state index in [0.717, 1.165) is 0 Å². The number of fused-ring (bicyclic) bond motifs is 6. The lowest BCUT2D eigenvalue weighted by molar-refractivity contribution is 0.360. The van der Waals surface area contributed by atoms with Crippen LogP contribution >= 0.6 is 0 Å². The van der Waals surface area contributed by atoms with E-state index in [0.29, 0.717) is 0 Å². The predicted molar refractivity (Wildman–Crippen MR) is 96.7 cm³/mol. The van der Waals surface area contributed by atoms with E-state index in [9.17, 15) is 31.6 Å². The molecule has 0 amide bonds. The van der Waals surface area contributed by atoms with Crippen molar-refractivity contribution in [2.24, 2.45) is 20.0 Å². The quantitative estimate of drug-likeness (QED) is 0.584. The van der Waals surface area contributed by atoms with Crippen LogP contribution in [0.25, 0.3) is 0 Å². The summed E-state index contributed by atoms with van der Waals surface area (Å²) in [4.78, 5) is 25.5. The molecule has 1 aromatic heterocycles. The number of nitrogens with zero attached hydrogens (tertiary/aromatic N) is 12. The molecule has 3 heterocycles. The fraction of sp³-hybridized carbons (Fsp3) is 0.222. The summed E-state index contributed by atoms with van der Waals surface area (Å²) in [5.41, 5.74) is -0.997. The monoisotopic (exact) mass is 388 g/mol. The number of nitriles is 6. The Kier molecular flexibility index (Phi) is 4.04. The number of hydrogen-bond acceptors (Lipinski definition) is 12. The Hall–Kier alpha value is -5.30. The minimum absolute atomic E-state index is 0.155. The standard InChI is InChI=1S/C18H4N12/c19-1-7-8(2-20)26-14-13(25-7)15-17(29-10(4-22)9(3-21)27-15)18-16(14)28-11(5-23)12(6-24)30-18/h13-15,17H. The van der Waals surface area contributed by atoms with Gasteiger partial charge in [0.2, 0.25) is 0 Å². The zero-order valence-electron chi connectivity index (χ0n) is 14.7. The van der Waals surface area contributed by atoms with Crippen molar-refractivity contribution in [3.05, 3.63) is 22.8 Å². The second kappa shape index (κ2) is 6.70. The van der Waals surface area contributed by atoms with Crippen LogP contribution in [0, 0.1) is 68.0 Å². The van der Waals surface area contributed by atoms with Crippen molar-refractivity contribution in [1.29, 1.82) is 31.6 Å². The summed E-state index contributed by atoms with van der Waals surface area (Å²) >= 11 is 0. The first-order chi connectivity index (χ1) is 14.6.